The molecular formula is C17H25N3O. The number of hydrogen-bond donors (Lipinski definition) is 1. The molecule has 1 heterocycles. The summed E-state index contributed by atoms with van der Waals surface area (Å²) in [6.07, 6.45) is 5.82. The molecule has 4 nitrogen and oxygen atoms in total. The minimum absolute atomic E-state index is 0.251. The van der Waals surface area contributed by atoms with Gasteiger partial charge in [-0.05, 0) is 37.1 Å². The summed E-state index contributed by atoms with van der Waals surface area (Å²) in [5.41, 5.74) is 2.40. The molecule has 0 amide bonds. The summed E-state index contributed by atoms with van der Waals surface area (Å²) in [6, 6.07) is 6.67. The molecule has 0 fully saturated rings. The van der Waals surface area contributed by atoms with Crippen LogP contribution >= 0.6 is 0 Å². The minimum Gasteiger partial charge on any atom is -0.496 e. The molecule has 114 valence electrons. The standard InChI is InChI=1S/C17H25N3O/c1-5-8-18-15(12-17-19-9-10-20(17)3)14-7-6-13(2)16(11-14)21-4/h6-7,9-11,15,18H,5,8,12H2,1-4H3. The summed E-state index contributed by atoms with van der Waals surface area (Å²) in [5.74, 6) is 2.03. The lowest BCUT2D eigenvalue weighted by Crippen LogP contribution is -2.25. The minimum atomic E-state index is 0.251. The van der Waals surface area contributed by atoms with Gasteiger partial charge in [0.15, 0.2) is 0 Å². The Bertz CT molecular complexity index is 577. The van der Waals surface area contributed by atoms with Crippen LogP contribution in [-0.4, -0.2) is 23.2 Å². The monoisotopic (exact) mass is 287 g/mol. The SMILES string of the molecule is CCCNC(Cc1nccn1C)c1ccc(C)c(OC)c1. The van der Waals surface area contributed by atoms with Crippen LogP contribution in [-0.2, 0) is 13.5 Å². The van der Waals surface area contributed by atoms with Crippen LogP contribution in [0.3, 0.4) is 0 Å². The topological polar surface area (TPSA) is 39.1 Å². The number of aryl methyl sites for hydroxylation is 2. The molecule has 0 saturated heterocycles. The average molecular weight is 287 g/mol. The largest absolute Gasteiger partial charge is 0.496 e. The molecule has 1 atom stereocenters. The van der Waals surface area contributed by atoms with Gasteiger partial charge >= 0.3 is 0 Å². The molecule has 1 aromatic carbocycles. The number of aromatic nitrogens is 2. The third-order valence-electron chi connectivity index (χ3n) is 3.78. The van der Waals surface area contributed by atoms with E-state index in [4.69, 9.17) is 4.74 Å². The number of rotatable bonds is 7. The zero-order valence-corrected chi connectivity index (χ0v) is 13.4. The van der Waals surface area contributed by atoms with Crippen LogP contribution < -0.4 is 10.1 Å². The van der Waals surface area contributed by atoms with Crippen molar-refractivity contribution in [2.75, 3.05) is 13.7 Å². The molecular weight excluding hydrogens is 262 g/mol. The number of ether oxygens (including phenoxy) is 1. The zero-order chi connectivity index (χ0) is 15.2. The first-order valence-corrected chi connectivity index (χ1v) is 7.49. The Balaban J connectivity index is 2.24. The first kappa shape index (κ1) is 15.6. The maximum Gasteiger partial charge on any atom is 0.122 e. The van der Waals surface area contributed by atoms with Crippen LogP contribution in [0.15, 0.2) is 30.6 Å². The first-order valence-electron chi connectivity index (χ1n) is 7.49. The lowest BCUT2D eigenvalue weighted by molar-refractivity contribution is 0.409. The fourth-order valence-electron chi connectivity index (χ4n) is 2.46. The zero-order valence-electron chi connectivity index (χ0n) is 13.4. The van der Waals surface area contributed by atoms with Gasteiger partial charge in [-0.2, -0.15) is 0 Å². The van der Waals surface area contributed by atoms with Crippen molar-refractivity contribution in [3.8, 4) is 5.75 Å². The molecule has 21 heavy (non-hydrogen) atoms. The molecule has 0 saturated carbocycles. The van der Waals surface area contributed by atoms with E-state index >= 15 is 0 Å². The summed E-state index contributed by atoms with van der Waals surface area (Å²) in [6.45, 7) is 5.24. The van der Waals surface area contributed by atoms with E-state index in [2.05, 4.69) is 46.9 Å². The Hall–Kier alpha value is -1.81. The van der Waals surface area contributed by atoms with Crippen molar-refractivity contribution < 1.29 is 4.74 Å². The summed E-state index contributed by atoms with van der Waals surface area (Å²) in [5, 5.41) is 3.61. The van der Waals surface area contributed by atoms with Crippen molar-refractivity contribution in [3.05, 3.63) is 47.5 Å². The molecule has 1 aromatic heterocycles. The fourth-order valence-corrected chi connectivity index (χ4v) is 2.46. The molecule has 0 aliphatic carbocycles. The molecule has 2 rings (SSSR count). The van der Waals surface area contributed by atoms with Crippen LogP contribution in [0.25, 0.3) is 0 Å². The van der Waals surface area contributed by atoms with Crippen molar-refractivity contribution in [2.24, 2.45) is 7.05 Å². The summed E-state index contributed by atoms with van der Waals surface area (Å²) in [7, 11) is 3.76. The van der Waals surface area contributed by atoms with E-state index in [1.54, 1.807) is 7.11 Å². The van der Waals surface area contributed by atoms with Crippen LogP contribution in [0.2, 0.25) is 0 Å². The Morgan fingerprint density at radius 1 is 1.38 bits per heavy atom. The van der Waals surface area contributed by atoms with E-state index < -0.39 is 0 Å². The van der Waals surface area contributed by atoms with Gasteiger partial charge in [-0.15, -0.1) is 0 Å². The molecule has 1 unspecified atom stereocenters. The third-order valence-corrected chi connectivity index (χ3v) is 3.78. The lowest BCUT2D eigenvalue weighted by Gasteiger charge is -2.20. The second-order valence-corrected chi connectivity index (χ2v) is 5.39. The maximum absolute atomic E-state index is 5.45. The molecule has 0 aliphatic heterocycles. The van der Waals surface area contributed by atoms with Crippen molar-refractivity contribution >= 4 is 0 Å². The van der Waals surface area contributed by atoms with Gasteiger partial charge in [0.25, 0.3) is 0 Å². The smallest absolute Gasteiger partial charge is 0.122 e. The van der Waals surface area contributed by atoms with Gasteiger partial charge in [-0.3, -0.25) is 0 Å². The predicted octanol–water partition coefficient (Wildman–Crippen LogP) is 3.02. The van der Waals surface area contributed by atoms with Crippen molar-refractivity contribution in [3.63, 3.8) is 0 Å². The van der Waals surface area contributed by atoms with Crippen molar-refractivity contribution in [1.82, 2.24) is 14.9 Å². The second-order valence-electron chi connectivity index (χ2n) is 5.39. The summed E-state index contributed by atoms with van der Waals surface area (Å²) < 4.78 is 7.53. The fraction of sp³-hybridized carbons (Fsp3) is 0.471. The quantitative estimate of drug-likeness (QED) is 0.851. The normalized spacial score (nSPS) is 12.4. The lowest BCUT2D eigenvalue weighted by atomic mass is 10.0. The van der Waals surface area contributed by atoms with E-state index in [-0.39, 0.29) is 6.04 Å². The number of nitrogens with zero attached hydrogens (tertiary/aromatic N) is 2. The van der Waals surface area contributed by atoms with Crippen LogP contribution in [0.4, 0.5) is 0 Å². The Labute approximate surface area is 127 Å². The van der Waals surface area contributed by atoms with Gasteiger partial charge in [-0.25, -0.2) is 4.98 Å². The molecule has 0 spiro atoms. The molecule has 0 aliphatic rings. The Morgan fingerprint density at radius 3 is 2.81 bits per heavy atom. The van der Waals surface area contributed by atoms with Crippen molar-refractivity contribution in [1.29, 1.82) is 0 Å². The summed E-state index contributed by atoms with van der Waals surface area (Å²) >= 11 is 0. The molecule has 0 bridgehead atoms. The highest BCUT2D eigenvalue weighted by Crippen LogP contribution is 2.25. The highest BCUT2D eigenvalue weighted by atomic mass is 16.5. The van der Waals surface area contributed by atoms with Gasteiger partial charge in [-0.1, -0.05) is 19.1 Å². The number of hydrogen-bond acceptors (Lipinski definition) is 3. The summed E-state index contributed by atoms with van der Waals surface area (Å²) in [4.78, 5) is 4.44. The van der Waals surface area contributed by atoms with Gasteiger partial charge in [0, 0.05) is 31.9 Å². The molecule has 2 aromatic rings. The van der Waals surface area contributed by atoms with Crippen LogP contribution in [0.1, 0.15) is 36.3 Å². The molecule has 0 radical (unpaired) electrons. The number of nitrogens with one attached hydrogen (secondary N) is 1. The number of imidazole rings is 1. The molecule has 1 N–H and O–H groups in total. The van der Waals surface area contributed by atoms with E-state index in [9.17, 15) is 0 Å². The predicted molar refractivity (Wildman–Crippen MR) is 85.7 cm³/mol. The maximum atomic E-state index is 5.45. The third kappa shape index (κ3) is 3.85. The highest BCUT2D eigenvalue weighted by Gasteiger charge is 2.15. The van der Waals surface area contributed by atoms with Gasteiger partial charge in [0.1, 0.15) is 11.6 Å². The molecule has 4 heteroatoms. The highest BCUT2D eigenvalue weighted by molar-refractivity contribution is 5.38. The number of methoxy groups -OCH3 is 1. The first-order chi connectivity index (χ1) is 10.2. The van der Waals surface area contributed by atoms with E-state index in [1.165, 1.54) is 5.56 Å². The van der Waals surface area contributed by atoms with Gasteiger partial charge in [0.05, 0.1) is 7.11 Å². The van der Waals surface area contributed by atoms with Crippen LogP contribution in [0, 0.1) is 6.92 Å². The van der Waals surface area contributed by atoms with Gasteiger partial charge in [0.2, 0.25) is 0 Å². The average Bonchev–Trinajstić information content (AvgIpc) is 2.89. The van der Waals surface area contributed by atoms with E-state index in [0.29, 0.717) is 0 Å². The second kappa shape index (κ2) is 7.27. The van der Waals surface area contributed by atoms with E-state index in [1.807, 2.05) is 19.4 Å². The van der Waals surface area contributed by atoms with Crippen molar-refractivity contribution in [2.45, 2.75) is 32.7 Å². The van der Waals surface area contributed by atoms with E-state index in [0.717, 1.165) is 36.5 Å². The van der Waals surface area contributed by atoms with Gasteiger partial charge < -0.3 is 14.6 Å². The Kier molecular flexibility index (Phi) is 5.39. The number of benzene rings is 1. The van der Waals surface area contributed by atoms with Crippen LogP contribution in [0.5, 0.6) is 5.75 Å². The Morgan fingerprint density at radius 2 is 2.19 bits per heavy atom.